The zero-order valence-electron chi connectivity index (χ0n) is 26.1. The van der Waals surface area contributed by atoms with Crippen LogP contribution in [0.3, 0.4) is 0 Å². The van der Waals surface area contributed by atoms with Crippen molar-refractivity contribution in [3.05, 3.63) is 77.6 Å². The van der Waals surface area contributed by atoms with Crippen LogP contribution >= 0.6 is 0 Å². The topological polar surface area (TPSA) is 147 Å². The Hall–Kier alpha value is -4.64. The smallest absolute Gasteiger partial charge is 0.307 e. The second kappa shape index (κ2) is 18.2. The van der Waals surface area contributed by atoms with Gasteiger partial charge in [0.25, 0.3) is 5.91 Å². The predicted molar refractivity (Wildman–Crippen MR) is 168 cm³/mol. The number of carboxylic acids is 1. The van der Waals surface area contributed by atoms with Crippen LogP contribution in [0.2, 0.25) is 0 Å². The van der Waals surface area contributed by atoms with E-state index in [0.717, 1.165) is 24.8 Å². The Morgan fingerprint density at radius 3 is 2.42 bits per heavy atom. The zero-order chi connectivity index (χ0) is 32.6. The highest BCUT2D eigenvalue weighted by Crippen LogP contribution is 2.28. The molecule has 0 aliphatic carbocycles. The summed E-state index contributed by atoms with van der Waals surface area (Å²) in [5.74, 6) is -1.48. The quantitative estimate of drug-likeness (QED) is 0.0663. The van der Waals surface area contributed by atoms with Gasteiger partial charge in [-0.3, -0.25) is 24.0 Å². The molecule has 0 saturated heterocycles. The molecule has 45 heavy (non-hydrogen) atoms. The minimum Gasteiger partial charge on any atom is -0.494 e. The fourth-order valence-electron chi connectivity index (χ4n) is 5.06. The lowest BCUT2D eigenvalue weighted by Crippen LogP contribution is -2.48. The molecule has 11 heteroatoms. The van der Waals surface area contributed by atoms with Crippen molar-refractivity contribution >= 4 is 24.2 Å². The van der Waals surface area contributed by atoms with Gasteiger partial charge in [0.1, 0.15) is 18.1 Å². The van der Waals surface area contributed by atoms with Crippen molar-refractivity contribution in [3.8, 4) is 17.1 Å². The molecule has 1 unspecified atom stereocenters. The summed E-state index contributed by atoms with van der Waals surface area (Å²) in [7, 11) is 0. The number of carboxylic acid groups (broad SMARTS) is 1. The Labute approximate surface area is 263 Å². The van der Waals surface area contributed by atoms with Gasteiger partial charge in [-0.15, -0.1) is 0 Å². The second-order valence-corrected chi connectivity index (χ2v) is 10.6. The number of hydroxylamine groups is 2. The molecule has 242 valence electrons. The van der Waals surface area contributed by atoms with E-state index in [4.69, 9.17) is 14.0 Å². The third-order valence-corrected chi connectivity index (χ3v) is 7.25. The number of amides is 3. The van der Waals surface area contributed by atoms with Crippen LogP contribution in [0.4, 0.5) is 0 Å². The van der Waals surface area contributed by atoms with Gasteiger partial charge in [-0.1, -0.05) is 63.4 Å². The number of hydrogen-bond donors (Lipinski definition) is 3. The van der Waals surface area contributed by atoms with Gasteiger partial charge >= 0.3 is 5.97 Å². The van der Waals surface area contributed by atoms with E-state index in [1.165, 1.54) is 11.1 Å². The number of rotatable bonds is 20. The fraction of sp³-hybridized carbons (Fsp3) is 0.412. The van der Waals surface area contributed by atoms with Crippen LogP contribution in [0, 0.1) is 5.92 Å². The molecule has 0 fully saturated rings. The molecule has 0 saturated carbocycles. The van der Waals surface area contributed by atoms with Crippen molar-refractivity contribution in [2.45, 2.75) is 71.9 Å². The van der Waals surface area contributed by atoms with Crippen LogP contribution in [-0.4, -0.2) is 53.7 Å². The number of nitrogens with one attached hydrogen (secondary N) is 2. The van der Waals surface area contributed by atoms with Gasteiger partial charge in [0.2, 0.25) is 12.3 Å². The molecule has 3 amide bonds. The van der Waals surface area contributed by atoms with Crippen molar-refractivity contribution in [2.24, 2.45) is 5.92 Å². The third-order valence-electron chi connectivity index (χ3n) is 7.25. The lowest BCUT2D eigenvalue weighted by atomic mass is 9.90. The molecule has 0 aliphatic heterocycles. The van der Waals surface area contributed by atoms with Crippen LogP contribution in [0.25, 0.3) is 11.3 Å². The molecule has 0 radical (unpaired) electrons. The summed E-state index contributed by atoms with van der Waals surface area (Å²) in [5, 5.41) is 15.9. The number of nitrogens with zero attached hydrogens (tertiary/aromatic N) is 1. The molecule has 0 spiro atoms. The lowest BCUT2D eigenvalue weighted by molar-refractivity contribution is -0.200. The monoisotopic (exact) mass is 621 g/mol. The molecule has 0 bridgehead atoms. The van der Waals surface area contributed by atoms with E-state index >= 15 is 0 Å². The Kier molecular flexibility index (Phi) is 14.1. The van der Waals surface area contributed by atoms with Crippen LogP contribution in [0.1, 0.15) is 74.6 Å². The molecule has 2 aromatic carbocycles. The molecule has 2 atom stereocenters. The standard InChI is InChI=1S/C34H43N3O8/c1-4-7-9-14-28(29(5-2)37(23-38)44-21-24-12-10-8-11-13-24)33(41)35-22-36-34(42)31-16-15-30(45-31)26-17-25(19-32(39)40)18-27(20-26)43-6-3/h8,10-13,15-18,20,23,28-29H,4-7,9,14,19,21-22H2,1-3H3,(H,35,41)(H,36,42)(H,39,40)/t28?,29-/m1/s1. The number of aliphatic carboxylic acids is 1. The molecule has 3 N–H and O–H groups in total. The summed E-state index contributed by atoms with van der Waals surface area (Å²) in [5.41, 5.74) is 2.00. The molecule has 0 aliphatic rings. The van der Waals surface area contributed by atoms with Crippen LogP contribution in [-0.2, 0) is 32.2 Å². The Balaban J connectivity index is 1.65. The fourth-order valence-corrected chi connectivity index (χ4v) is 5.06. The van der Waals surface area contributed by atoms with Gasteiger partial charge in [-0.25, -0.2) is 5.06 Å². The Morgan fingerprint density at radius 1 is 0.978 bits per heavy atom. The van der Waals surface area contributed by atoms with Crippen molar-refractivity contribution in [1.82, 2.24) is 15.7 Å². The number of furan rings is 1. The van der Waals surface area contributed by atoms with E-state index in [-0.39, 0.29) is 31.4 Å². The highest BCUT2D eigenvalue weighted by atomic mass is 16.7. The van der Waals surface area contributed by atoms with Gasteiger partial charge in [0.05, 0.1) is 31.7 Å². The van der Waals surface area contributed by atoms with E-state index in [2.05, 4.69) is 17.6 Å². The highest BCUT2D eigenvalue weighted by Gasteiger charge is 2.32. The summed E-state index contributed by atoms with van der Waals surface area (Å²) < 4.78 is 11.3. The van der Waals surface area contributed by atoms with E-state index in [9.17, 15) is 24.3 Å². The SMILES string of the molecule is CCCCCC(C(=O)NCNC(=O)c1ccc(-c2cc(CC(=O)O)cc(OCC)c2)o1)[C@@H](CC)N(C=O)OCc1ccccc1. The van der Waals surface area contributed by atoms with E-state index in [1.54, 1.807) is 24.3 Å². The minimum absolute atomic E-state index is 0.0215. The zero-order valence-corrected chi connectivity index (χ0v) is 26.1. The highest BCUT2D eigenvalue weighted by molar-refractivity contribution is 5.92. The largest absolute Gasteiger partial charge is 0.494 e. The number of hydrogen-bond acceptors (Lipinski definition) is 7. The average Bonchev–Trinajstić information content (AvgIpc) is 3.53. The Morgan fingerprint density at radius 2 is 1.76 bits per heavy atom. The molecular formula is C34H43N3O8. The maximum atomic E-state index is 13.4. The Bertz CT molecular complexity index is 1390. The van der Waals surface area contributed by atoms with Crippen molar-refractivity contribution < 1.29 is 38.3 Å². The van der Waals surface area contributed by atoms with Crippen LogP contribution < -0.4 is 15.4 Å². The number of ether oxygens (including phenoxy) is 1. The predicted octanol–water partition coefficient (Wildman–Crippen LogP) is 5.34. The van der Waals surface area contributed by atoms with Crippen molar-refractivity contribution in [2.75, 3.05) is 13.3 Å². The summed E-state index contributed by atoms with van der Waals surface area (Å²) in [6.07, 6.45) is 4.19. The van der Waals surface area contributed by atoms with Crippen molar-refractivity contribution in [1.29, 1.82) is 0 Å². The van der Waals surface area contributed by atoms with E-state index in [1.807, 2.05) is 44.2 Å². The first-order valence-electron chi connectivity index (χ1n) is 15.3. The van der Waals surface area contributed by atoms with Crippen molar-refractivity contribution in [3.63, 3.8) is 0 Å². The van der Waals surface area contributed by atoms with E-state index in [0.29, 0.717) is 48.5 Å². The number of unbranched alkanes of at least 4 members (excludes halogenated alkanes) is 2. The van der Waals surface area contributed by atoms with Gasteiger partial charge in [0, 0.05) is 5.56 Å². The van der Waals surface area contributed by atoms with Crippen LogP contribution in [0.15, 0.2) is 65.1 Å². The molecule has 1 aromatic heterocycles. The first-order chi connectivity index (χ1) is 21.8. The normalized spacial score (nSPS) is 12.2. The number of carbonyl (C=O) groups is 4. The van der Waals surface area contributed by atoms with E-state index < -0.39 is 23.8 Å². The molecule has 3 rings (SSSR count). The van der Waals surface area contributed by atoms with Gasteiger partial charge in [0.15, 0.2) is 5.76 Å². The number of carbonyl (C=O) groups excluding carboxylic acids is 3. The lowest BCUT2D eigenvalue weighted by Gasteiger charge is -2.32. The van der Waals surface area contributed by atoms with Gasteiger partial charge in [-0.2, -0.15) is 0 Å². The maximum absolute atomic E-state index is 13.4. The summed E-state index contributed by atoms with van der Waals surface area (Å²) in [6.45, 7) is 6.25. The first-order valence-corrected chi connectivity index (χ1v) is 15.3. The summed E-state index contributed by atoms with van der Waals surface area (Å²) in [4.78, 5) is 55.4. The van der Waals surface area contributed by atoms with Crippen LogP contribution in [0.5, 0.6) is 5.75 Å². The summed E-state index contributed by atoms with van der Waals surface area (Å²) in [6, 6.07) is 17.1. The second-order valence-electron chi connectivity index (χ2n) is 10.6. The minimum atomic E-state index is -0.979. The average molecular weight is 622 g/mol. The number of benzene rings is 2. The molecule has 3 aromatic rings. The molecule has 1 heterocycles. The maximum Gasteiger partial charge on any atom is 0.307 e. The van der Waals surface area contributed by atoms with Gasteiger partial charge in [-0.05, 0) is 61.2 Å². The molecular weight excluding hydrogens is 578 g/mol. The summed E-state index contributed by atoms with van der Waals surface area (Å²) >= 11 is 0. The third kappa shape index (κ3) is 10.8. The first kappa shape index (κ1) is 34.8. The van der Waals surface area contributed by atoms with Gasteiger partial charge < -0.3 is 24.9 Å². The molecule has 11 nitrogen and oxygen atoms in total.